The van der Waals surface area contributed by atoms with Crippen LogP contribution in [0.5, 0.6) is 0 Å². The molecule has 0 saturated carbocycles. The zero-order valence-electron chi connectivity index (χ0n) is 15.3. The van der Waals surface area contributed by atoms with E-state index in [1.807, 2.05) is 13.0 Å². The van der Waals surface area contributed by atoms with Gasteiger partial charge in [0, 0.05) is 23.8 Å². The largest absolute Gasteiger partial charge is 0.348 e. The first-order valence-corrected chi connectivity index (χ1v) is 10.1. The summed E-state index contributed by atoms with van der Waals surface area (Å²) in [4.78, 5) is 12.6. The number of nitrogens with one attached hydrogen (secondary N) is 3. The predicted molar refractivity (Wildman–Crippen MR) is 109 cm³/mol. The normalized spacial score (nSPS) is 16.4. The third-order valence-corrected chi connectivity index (χ3v) is 5.93. The number of hydrogen-bond acceptors (Lipinski definition) is 4. The molecule has 0 radical (unpaired) electrons. The Bertz CT molecular complexity index is 926. The average molecular weight is 410 g/mol. The van der Waals surface area contributed by atoms with Crippen molar-refractivity contribution in [2.24, 2.45) is 0 Å². The van der Waals surface area contributed by atoms with Crippen molar-refractivity contribution in [3.63, 3.8) is 0 Å². The number of halogens is 1. The van der Waals surface area contributed by atoms with Crippen molar-refractivity contribution in [1.29, 1.82) is 0 Å². The molecule has 0 aliphatic carbocycles. The summed E-state index contributed by atoms with van der Waals surface area (Å²) in [5.74, 6) is -0.202. The Hall–Kier alpha value is -2.09. The summed E-state index contributed by atoms with van der Waals surface area (Å²) in [6.07, 6.45) is 0.894. The highest BCUT2D eigenvalue weighted by molar-refractivity contribution is 7.92. The number of amides is 1. The van der Waals surface area contributed by atoms with Crippen molar-refractivity contribution in [2.75, 3.05) is 17.8 Å². The van der Waals surface area contributed by atoms with Gasteiger partial charge in [0.1, 0.15) is 0 Å². The fraction of sp³-hybridized carbons (Fsp3) is 0.316. The number of benzene rings is 2. The maximum Gasteiger partial charge on any atom is 0.262 e. The number of hydrogen-bond donors (Lipinski definition) is 3. The summed E-state index contributed by atoms with van der Waals surface area (Å²) < 4.78 is 28.0. The minimum atomic E-state index is -3.72. The first-order chi connectivity index (χ1) is 12.3. The molecule has 0 spiro atoms. The van der Waals surface area contributed by atoms with E-state index in [0.717, 1.165) is 25.1 Å². The van der Waals surface area contributed by atoms with Crippen LogP contribution in [0, 0.1) is 13.8 Å². The highest BCUT2D eigenvalue weighted by Gasteiger charge is 2.20. The lowest BCUT2D eigenvalue weighted by Gasteiger charge is -2.14. The zero-order valence-corrected chi connectivity index (χ0v) is 16.9. The van der Waals surface area contributed by atoms with Crippen LogP contribution in [0.3, 0.4) is 0 Å². The minimum Gasteiger partial charge on any atom is -0.348 e. The maximum absolute atomic E-state index is 12.7. The number of carbonyl (C=O) groups is 1. The Morgan fingerprint density at radius 2 is 1.93 bits per heavy atom. The molecule has 3 N–H and O–H groups in total. The maximum atomic E-state index is 12.7. The zero-order chi connectivity index (χ0) is 18.7. The number of rotatable bonds is 5. The molecule has 8 heteroatoms. The van der Waals surface area contributed by atoms with Crippen molar-refractivity contribution in [3.05, 3.63) is 59.2 Å². The topological polar surface area (TPSA) is 87.3 Å². The minimum absolute atomic E-state index is 0. The lowest BCUT2D eigenvalue weighted by Crippen LogP contribution is -2.36. The molecule has 146 valence electrons. The molecule has 27 heavy (non-hydrogen) atoms. The molecule has 3 rings (SSSR count). The quantitative estimate of drug-likeness (QED) is 0.708. The van der Waals surface area contributed by atoms with Crippen LogP contribution in [0.25, 0.3) is 0 Å². The van der Waals surface area contributed by atoms with E-state index in [4.69, 9.17) is 0 Å². The highest BCUT2D eigenvalue weighted by atomic mass is 35.5. The van der Waals surface area contributed by atoms with Crippen LogP contribution in [-0.4, -0.2) is 33.5 Å². The predicted octanol–water partition coefficient (Wildman–Crippen LogP) is 2.62. The monoisotopic (exact) mass is 409 g/mol. The average Bonchev–Trinajstić information content (AvgIpc) is 3.09. The van der Waals surface area contributed by atoms with E-state index in [9.17, 15) is 13.2 Å². The number of carbonyl (C=O) groups excluding carboxylic acids is 1. The first kappa shape index (κ1) is 21.2. The molecular weight excluding hydrogens is 386 g/mol. The molecule has 0 bridgehead atoms. The molecular formula is C19H24ClN3O3S. The Labute approximate surface area is 166 Å². The third kappa shape index (κ3) is 5.22. The van der Waals surface area contributed by atoms with Crippen molar-refractivity contribution < 1.29 is 13.2 Å². The van der Waals surface area contributed by atoms with E-state index in [-0.39, 0.29) is 29.3 Å². The van der Waals surface area contributed by atoms with Crippen molar-refractivity contribution >= 4 is 34.0 Å². The van der Waals surface area contributed by atoms with Gasteiger partial charge in [-0.1, -0.05) is 18.2 Å². The van der Waals surface area contributed by atoms with Gasteiger partial charge >= 0.3 is 0 Å². The summed E-state index contributed by atoms with van der Waals surface area (Å²) in [5, 5.41) is 6.15. The van der Waals surface area contributed by atoms with Crippen LogP contribution >= 0.6 is 12.4 Å². The van der Waals surface area contributed by atoms with Gasteiger partial charge in [0.05, 0.1) is 4.90 Å². The molecule has 2 aromatic rings. The van der Waals surface area contributed by atoms with Gasteiger partial charge < -0.3 is 10.6 Å². The molecule has 1 fully saturated rings. The molecule has 1 aliphatic rings. The number of anilines is 1. The van der Waals surface area contributed by atoms with E-state index in [2.05, 4.69) is 15.4 Å². The fourth-order valence-electron chi connectivity index (χ4n) is 2.98. The second-order valence-corrected chi connectivity index (χ2v) is 8.27. The summed E-state index contributed by atoms with van der Waals surface area (Å²) >= 11 is 0. The van der Waals surface area contributed by atoms with Crippen molar-refractivity contribution in [3.8, 4) is 0 Å². The van der Waals surface area contributed by atoms with Crippen molar-refractivity contribution in [2.45, 2.75) is 31.2 Å². The summed E-state index contributed by atoms with van der Waals surface area (Å²) in [6, 6.07) is 11.9. The van der Waals surface area contributed by atoms with E-state index in [1.165, 1.54) is 0 Å². The lowest BCUT2D eigenvalue weighted by molar-refractivity contribution is 0.0940. The van der Waals surface area contributed by atoms with Crippen LogP contribution in [0.1, 0.15) is 27.9 Å². The van der Waals surface area contributed by atoms with Crippen LogP contribution in [0.2, 0.25) is 0 Å². The van der Waals surface area contributed by atoms with Crippen LogP contribution in [0.15, 0.2) is 47.4 Å². The summed E-state index contributed by atoms with van der Waals surface area (Å²) in [7, 11) is -3.72. The van der Waals surface area contributed by atoms with E-state index >= 15 is 0 Å². The van der Waals surface area contributed by atoms with Crippen LogP contribution < -0.4 is 15.4 Å². The summed E-state index contributed by atoms with van der Waals surface area (Å²) in [6.45, 7) is 5.25. The SMILES string of the molecule is Cc1ccc(C)c(S(=O)(=O)Nc2cccc(C(=O)NC3CCNC3)c2)c1.Cl. The van der Waals surface area contributed by atoms with E-state index < -0.39 is 10.0 Å². The molecule has 0 aromatic heterocycles. The van der Waals surface area contributed by atoms with Gasteiger partial charge in [0.2, 0.25) is 0 Å². The van der Waals surface area contributed by atoms with Gasteiger partial charge in [-0.25, -0.2) is 8.42 Å². The third-order valence-electron chi connectivity index (χ3n) is 4.41. The van der Waals surface area contributed by atoms with Gasteiger partial charge in [0.15, 0.2) is 0 Å². The van der Waals surface area contributed by atoms with Crippen molar-refractivity contribution in [1.82, 2.24) is 10.6 Å². The van der Waals surface area contributed by atoms with Gasteiger partial charge in [-0.2, -0.15) is 0 Å². The Kier molecular flexibility index (Phi) is 6.86. The van der Waals surface area contributed by atoms with E-state index in [0.29, 0.717) is 16.8 Å². The number of aryl methyl sites for hydroxylation is 2. The molecule has 1 unspecified atom stereocenters. The molecule has 1 amide bonds. The van der Waals surface area contributed by atoms with Crippen LogP contribution in [-0.2, 0) is 10.0 Å². The molecule has 1 saturated heterocycles. The Morgan fingerprint density at radius 1 is 1.15 bits per heavy atom. The van der Waals surface area contributed by atoms with E-state index in [1.54, 1.807) is 43.3 Å². The second kappa shape index (κ2) is 8.73. The van der Waals surface area contributed by atoms with Gasteiger partial charge in [0.25, 0.3) is 15.9 Å². The fourth-order valence-corrected chi connectivity index (χ4v) is 4.36. The first-order valence-electron chi connectivity index (χ1n) is 8.57. The molecule has 2 aromatic carbocycles. The standard InChI is InChI=1S/C19H23N3O3S.ClH/c1-13-6-7-14(2)18(10-13)26(24,25)22-16-5-3-4-15(11-16)19(23)21-17-8-9-20-12-17;/h3-7,10-11,17,20,22H,8-9,12H2,1-2H3,(H,21,23);1H. The summed E-state index contributed by atoms with van der Waals surface area (Å²) in [5.41, 5.74) is 2.33. The van der Waals surface area contributed by atoms with Gasteiger partial charge in [-0.05, 0) is 62.2 Å². The molecule has 1 heterocycles. The van der Waals surface area contributed by atoms with Gasteiger partial charge in [-0.3, -0.25) is 9.52 Å². The highest BCUT2D eigenvalue weighted by Crippen LogP contribution is 2.21. The van der Waals surface area contributed by atoms with Crippen LogP contribution in [0.4, 0.5) is 5.69 Å². The smallest absolute Gasteiger partial charge is 0.262 e. The Morgan fingerprint density at radius 3 is 2.63 bits per heavy atom. The lowest BCUT2D eigenvalue weighted by atomic mass is 10.1. The molecule has 6 nitrogen and oxygen atoms in total. The Balaban J connectivity index is 0.00000261. The molecule has 1 atom stereocenters. The molecule has 1 aliphatic heterocycles. The number of sulfonamides is 1. The second-order valence-electron chi connectivity index (χ2n) is 6.62. The van der Waals surface area contributed by atoms with Gasteiger partial charge in [-0.15, -0.1) is 12.4 Å².